The van der Waals surface area contributed by atoms with Crippen molar-refractivity contribution >= 4 is 29.7 Å². The average Bonchev–Trinajstić information content (AvgIpc) is 2.82. The number of anilines is 1. The third-order valence-electron chi connectivity index (χ3n) is 4.48. The maximum atomic E-state index is 12.4. The SMILES string of the molecule is Cc1ccc(C(=O)Oc2ccccc2/C=N/NC(=O)C(=O)Nc2ccc(CC#N)cc2)cc1. The molecule has 0 aliphatic rings. The summed E-state index contributed by atoms with van der Waals surface area (Å²) >= 11 is 0. The fourth-order valence-corrected chi connectivity index (χ4v) is 2.72. The van der Waals surface area contributed by atoms with E-state index in [1.807, 2.05) is 25.1 Å². The van der Waals surface area contributed by atoms with Crippen LogP contribution in [0.5, 0.6) is 5.75 Å². The fraction of sp³-hybridized carbons (Fsp3) is 0.0800. The van der Waals surface area contributed by atoms with Crippen molar-refractivity contribution in [2.24, 2.45) is 5.10 Å². The first-order valence-electron chi connectivity index (χ1n) is 9.94. The van der Waals surface area contributed by atoms with Crippen LogP contribution in [0.1, 0.15) is 27.0 Å². The van der Waals surface area contributed by atoms with Crippen molar-refractivity contribution in [3.05, 3.63) is 95.1 Å². The highest BCUT2D eigenvalue weighted by molar-refractivity contribution is 6.39. The molecule has 0 saturated carbocycles. The molecule has 3 rings (SSSR count). The van der Waals surface area contributed by atoms with E-state index in [0.29, 0.717) is 16.8 Å². The highest BCUT2D eigenvalue weighted by atomic mass is 16.5. The summed E-state index contributed by atoms with van der Waals surface area (Å²) in [6.07, 6.45) is 1.53. The molecule has 3 aromatic carbocycles. The van der Waals surface area contributed by atoms with Crippen molar-refractivity contribution < 1.29 is 19.1 Å². The molecular formula is C25H20N4O4. The van der Waals surface area contributed by atoms with Crippen LogP contribution in [0, 0.1) is 18.3 Å². The number of aryl methyl sites for hydroxylation is 1. The zero-order chi connectivity index (χ0) is 23.6. The number of nitrogens with zero attached hydrogens (tertiary/aromatic N) is 2. The van der Waals surface area contributed by atoms with Crippen LogP contribution in [-0.2, 0) is 16.0 Å². The molecule has 0 spiro atoms. The lowest BCUT2D eigenvalue weighted by Crippen LogP contribution is -2.32. The lowest BCUT2D eigenvalue weighted by atomic mass is 10.1. The van der Waals surface area contributed by atoms with Gasteiger partial charge in [-0.15, -0.1) is 0 Å². The largest absolute Gasteiger partial charge is 0.422 e. The molecule has 0 unspecified atom stereocenters. The molecule has 0 heterocycles. The molecule has 0 saturated heterocycles. The molecule has 0 atom stereocenters. The Morgan fingerprint density at radius 1 is 0.970 bits per heavy atom. The topological polar surface area (TPSA) is 121 Å². The number of amides is 2. The molecule has 0 aliphatic carbocycles. The van der Waals surface area contributed by atoms with E-state index in [9.17, 15) is 14.4 Å². The van der Waals surface area contributed by atoms with Gasteiger partial charge in [-0.3, -0.25) is 9.59 Å². The van der Waals surface area contributed by atoms with Gasteiger partial charge in [0.2, 0.25) is 0 Å². The Labute approximate surface area is 190 Å². The van der Waals surface area contributed by atoms with Gasteiger partial charge in [-0.2, -0.15) is 10.4 Å². The molecule has 2 N–H and O–H groups in total. The lowest BCUT2D eigenvalue weighted by molar-refractivity contribution is -0.136. The van der Waals surface area contributed by atoms with E-state index >= 15 is 0 Å². The first-order valence-corrected chi connectivity index (χ1v) is 9.94. The third-order valence-corrected chi connectivity index (χ3v) is 4.48. The van der Waals surface area contributed by atoms with Crippen molar-refractivity contribution in [2.75, 3.05) is 5.32 Å². The van der Waals surface area contributed by atoms with Crippen LogP contribution in [-0.4, -0.2) is 24.0 Å². The number of hydrazone groups is 1. The van der Waals surface area contributed by atoms with Crippen LogP contribution >= 0.6 is 0 Å². The molecule has 164 valence electrons. The van der Waals surface area contributed by atoms with Gasteiger partial charge in [0, 0.05) is 11.3 Å². The van der Waals surface area contributed by atoms with Crippen LogP contribution in [0.15, 0.2) is 77.9 Å². The molecule has 0 aliphatic heterocycles. The molecule has 0 aromatic heterocycles. The zero-order valence-corrected chi connectivity index (χ0v) is 17.7. The predicted molar refractivity (Wildman–Crippen MR) is 123 cm³/mol. The smallest absolute Gasteiger partial charge is 0.343 e. The van der Waals surface area contributed by atoms with Gasteiger partial charge in [-0.1, -0.05) is 42.0 Å². The zero-order valence-electron chi connectivity index (χ0n) is 17.7. The number of hydrogen-bond acceptors (Lipinski definition) is 6. The Bertz CT molecular complexity index is 1230. The Hall–Kier alpha value is -4.77. The van der Waals surface area contributed by atoms with E-state index in [-0.39, 0.29) is 12.2 Å². The van der Waals surface area contributed by atoms with Crippen molar-refractivity contribution in [1.82, 2.24) is 5.43 Å². The number of benzene rings is 3. The van der Waals surface area contributed by atoms with Crippen LogP contribution in [0.25, 0.3) is 0 Å². The number of nitrogens with one attached hydrogen (secondary N) is 2. The second-order valence-electron chi connectivity index (χ2n) is 6.98. The van der Waals surface area contributed by atoms with E-state index in [2.05, 4.69) is 15.8 Å². The van der Waals surface area contributed by atoms with E-state index < -0.39 is 17.8 Å². The summed E-state index contributed by atoms with van der Waals surface area (Å²) in [7, 11) is 0. The van der Waals surface area contributed by atoms with Crippen LogP contribution < -0.4 is 15.5 Å². The second kappa shape index (κ2) is 11.0. The van der Waals surface area contributed by atoms with Gasteiger partial charge in [0.1, 0.15) is 5.75 Å². The number of nitriles is 1. The van der Waals surface area contributed by atoms with E-state index in [0.717, 1.165) is 11.1 Å². The molecular weight excluding hydrogens is 420 g/mol. The third kappa shape index (κ3) is 6.60. The molecule has 3 aromatic rings. The maximum absolute atomic E-state index is 12.4. The summed E-state index contributed by atoms with van der Waals surface area (Å²) in [5.41, 5.74) is 5.21. The molecule has 0 fully saturated rings. The predicted octanol–water partition coefficient (Wildman–Crippen LogP) is 3.37. The Morgan fingerprint density at radius 2 is 1.67 bits per heavy atom. The summed E-state index contributed by atoms with van der Waals surface area (Å²) in [6.45, 7) is 1.92. The average molecular weight is 440 g/mol. The standard InChI is InChI=1S/C25H20N4O4/c1-17-6-10-19(11-7-17)25(32)33-22-5-3-2-4-20(22)16-27-29-24(31)23(30)28-21-12-8-18(9-13-21)14-15-26/h2-13,16H,14H2,1H3,(H,28,30)(H,29,31)/b27-16+. The fourth-order valence-electron chi connectivity index (χ4n) is 2.72. The first-order chi connectivity index (χ1) is 16.0. The number of carbonyl (C=O) groups is 3. The number of para-hydroxylation sites is 1. The molecule has 0 bridgehead atoms. The van der Waals surface area contributed by atoms with Gasteiger partial charge >= 0.3 is 17.8 Å². The molecule has 2 amide bonds. The van der Waals surface area contributed by atoms with E-state index in [4.69, 9.17) is 10.00 Å². The van der Waals surface area contributed by atoms with Crippen molar-refractivity contribution in [3.8, 4) is 11.8 Å². The van der Waals surface area contributed by atoms with Crippen molar-refractivity contribution in [3.63, 3.8) is 0 Å². The summed E-state index contributed by atoms with van der Waals surface area (Å²) < 4.78 is 5.44. The van der Waals surface area contributed by atoms with E-state index in [1.54, 1.807) is 60.7 Å². The number of rotatable bonds is 6. The van der Waals surface area contributed by atoms with Crippen molar-refractivity contribution in [1.29, 1.82) is 5.26 Å². The minimum absolute atomic E-state index is 0.253. The Morgan fingerprint density at radius 3 is 2.36 bits per heavy atom. The molecule has 0 radical (unpaired) electrons. The Kier molecular flexibility index (Phi) is 7.65. The number of carbonyl (C=O) groups excluding carboxylic acids is 3. The highest BCUT2D eigenvalue weighted by Crippen LogP contribution is 2.18. The number of esters is 1. The van der Waals surface area contributed by atoms with Crippen LogP contribution in [0.2, 0.25) is 0 Å². The van der Waals surface area contributed by atoms with Crippen LogP contribution in [0.3, 0.4) is 0 Å². The van der Waals surface area contributed by atoms with Gasteiger partial charge in [-0.25, -0.2) is 10.2 Å². The van der Waals surface area contributed by atoms with Crippen molar-refractivity contribution in [2.45, 2.75) is 13.3 Å². The number of ether oxygens (including phenoxy) is 1. The summed E-state index contributed by atoms with van der Waals surface area (Å²) in [4.78, 5) is 36.4. The molecule has 8 heteroatoms. The minimum Gasteiger partial charge on any atom is -0.422 e. The lowest BCUT2D eigenvalue weighted by Gasteiger charge is -2.07. The molecule has 33 heavy (non-hydrogen) atoms. The first kappa shape index (κ1) is 22.9. The summed E-state index contributed by atoms with van der Waals surface area (Å²) in [6, 6.07) is 22.2. The van der Waals surface area contributed by atoms with Gasteiger partial charge < -0.3 is 10.1 Å². The van der Waals surface area contributed by atoms with E-state index in [1.165, 1.54) is 6.21 Å². The quantitative estimate of drug-likeness (QED) is 0.200. The minimum atomic E-state index is -0.971. The van der Waals surface area contributed by atoms with Gasteiger partial charge in [0.05, 0.1) is 24.3 Å². The van der Waals surface area contributed by atoms with Gasteiger partial charge in [0.15, 0.2) is 0 Å². The number of hydrogen-bond donors (Lipinski definition) is 2. The monoisotopic (exact) mass is 440 g/mol. The molecule has 8 nitrogen and oxygen atoms in total. The second-order valence-corrected chi connectivity index (χ2v) is 6.98. The Balaban J connectivity index is 1.59. The van der Waals surface area contributed by atoms with Crippen LogP contribution in [0.4, 0.5) is 5.69 Å². The summed E-state index contributed by atoms with van der Waals surface area (Å²) in [5, 5.41) is 14.9. The highest BCUT2D eigenvalue weighted by Gasteiger charge is 2.14. The van der Waals surface area contributed by atoms with Gasteiger partial charge in [0.25, 0.3) is 0 Å². The normalized spacial score (nSPS) is 10.3. The summed E-state index contributed by atoms with van der Waals surface area (Å²) in [5.74, 6) is -2.15. The van der Waals surface area contributed by atoms with Gasteiger partial charge in [-0.05, 0) is 48.9 Å². The maximum Gasteiger partial charge on any atom is 0.343 e.